The van der Waals surface area contributed by atoms with Gasteiger partial charge in [-0.3, -0.25) is 14.4 Å². The Hall–Kier alpha value is -3.68. The van der Waals surface area contributed by atoms with Gasteiger partial charge in [0, 0.05) is 5.02 Å². The number of amides is 2. The summed E-state index contributed by atoms with van der Waals surface area (Å²) >= 11 is 6.07. The molecule has 2 saturated heterocycles. The fourth-order valence-electron chi connectivity index (χ4n) is 4.35. The van der Waals surface area contributed by atoms with Crippen LogP contribution in [0.2, 0.25) is 5.02 Å². The maximum absolute atomic E-state index is 13.6. The zero-order valence-corrected chi connectivity index (χ0v) is 17.3. The topological polar surface area (TPSA) is 87.2 Å². The third-order valence-corrected chi connectivity index (χ3v) is 5.94. The Morgan fingerprint density at radius 2 is 1.56 bits per heavy atom. The maximum Gasteiger partial charge on any atom is 0.336 e. The first-order chi connectivity index (χ1) is 15.5. The van der Waals surface area contributed by atoms with Crippen molar-refractivity contribution in [3.8, 4) is 0 Å². The summed E-state index contributed by atoms with van der Waals surface area (Å²) in [6, 6.07) is 21.1. The predicted octanol–water partition coefficient (Wildman–Crippen LogP) is 4.09. The van der Waals surface area contributed by atoms with Crippen molar-refractivity contribution in [1.82, 2.24) is 0 Å². The van der Waals surface area contributed by atoms with Gasteiger partial charge < -0.3 is 5.11 Å². The standard InChI is InChI=1S/C24H17ClN2O5/c25-14-7-6-10-16(13-14)26-22(28)19-20(17-11-4-5-12-18(17)24(30)31)27(32-21(19)23(26)29)15-8-2-1-3-9-15/h1-13,19-21H,(H,30,31)/t19-,20-,21+/m0/s1. The SMILES string of the molecule is O=C(O)c1ccccc1[C@H]1[C@@H]2C(=O)N(c3cccc(Cl)c3)C(=O)[C@@H]2ON1c1ccccc1. The first-order valence-electron chi connectivity index (χ1n) is 9.94. The van der Waals surface area contributed by atoms with Gasteiger partial charge in [0.2, 0.25) is 5.91 Å². The van der Waals surface area contributed by atoms with E-state index in [-0.39, 0.29) is 5.56 Å². The lowest BCUT2D eigenvalue weighted by molar-refractivity contribution is -0.126. The average Bonchev–Trinajstić information content (AvgIpc) is 3.30. The van der Waals surface area contributed by atoms with Gasteiger partial charge >= 0.3 is 5.97 Å². The molecule has 0 aliphatic carbocycles. The van der Waals surface area contributed by atoms with E-state index in [0.29, 0.717) is 22.0 Å². The third-order valence-electron chi connectivity index (χ3n) is 5.70. The summed E-state index contributed by atoms with van der Waals surface area (Å²) < 4.78 is 0. The molecule has 0 unspecified atom stereocenters. The molecule has 5 rings (SSSR count). The molecule has 3 aromatic carbocycles. The Balaban J connectivity index is 1.64. The summed E-state index contributed by atoms with van der Waals surface area (Å²) in [5.74, 6) is -3.04. The molecule has 160 valence electrons. The second kappa shape index (κ2) is 7.78. The molecule has 3 atom stereocenters. The van der Waals surface area contributed by atoms with Gasteiger partial charge in [0.05, 0.1) is 23.0 Å². The number of hydroxylamine groups is 1. The van der Waals surface area contributed by atoms with Gasteiger partial charge in [-0.2, -0.15) is 0 Å². The van der Waals surface area contributed by atoms with Crippen molar-refractivity contribution >= 4 is 40.8 Å². The number of carbonyl (C=O) groups excluding carboxylic acids is 2. The number of nitrogens with zero attached hydrogens (tertiary/aromatic N) is 2. The number of hydrogen-bond acceptors (Lipinski definition) is 5. The summed E-state index contributed by atoms with van der Waals surface area (Å²) in [5.41, 5.74) is 1.40. The van der Waals surface area contributed by atoms with Crippen molar-refractivity contribution in [2.45, 2.75) is 12.1 Å². The third kappa shape index (κ3) is 3.14. The fourth-order valence-corrected chi connectivity index (χ4v) is 4.53. The van der Waals surface area contributed by atoms with E-state index in [1.54, 1.807) is 60.7 Å². The molecule has 1 N–H and O–H groups in total. The summed E-state index contributed by atoms with van der Waals surface area (Å²) in [5, 5.41) is 11.6. The molecule has 8 heteroatoms. The van der Waals surface area contributed by atoms with Crippen LogP contribution in [-0.4, -0.2) is 29.0 Å². The van der Waals surface area contributed by atoms with Crippen LogP contribution in [0.1, 0.15) is 22.0 Å². The molecule has 32 heavy (non-hydrogen) atoms. The minimum atomic E-state index is -1.12. The van der Waals surface area contributed by atoms with E-state index in [0.717, 1.165) is 4.90 Å². The first-order valence-corrected chi connectivity index (χ1v) is 10.3. The van der Waals surface area contributed by atoms with Crippen molar-refractivity contribution in [1.29, 1.82) is 0 Å². The van der Waals surface area contributed by atoms with Gasteiger partial charge in [0.25, 0.3) is 5.91 Å². The van der Waals surface area contributed by atoms with Gasteiger partial charge in [-0.1, -0.05) is 54.1 Å². The molecule has 2 fully saturated rings. The molecule has 2 aliphatic heterocycles. The van der Waals surface area contributed by atoms with Crippen LogP contribution in [-0.2, 0) is 14.4 Å². The van der Waals surface area contributed by atoms with Crippen LogP contribution in [0.5, 0.6) is 0 Å². The summed E-state index contributed by atoms with van der Waals surface area (Å²) in [6.07, 6.45) is -1.09. The molecule has 2 aliphatic rings. The molecule has 2 heterocycles. The Kier molecular flexibility index (Phi) is 4.92. The van der Waals surface area contributed by atoms with Gasteiger partial charge in [-0.15, -0.1) is 0 Å². The van der Waals surface area contributed by atoms with Gasteiger partial charge in [-0.05, 0) is 42.0 Å². The van der Waals surface area contributed by atoms with Crippen molar-refractivity contribution in [2.75, 3.05) is 9.96 Å². The molecule has 0 saturated carbocycles. The van der Waals surface area contributed by atoms with E-state index in [9.17, 15) is 19.5 Å². The predicted molar refractivity (Wildman–Crippen MR) is 117 cm³/mol. The molecule has 0 spiro atoms. The number of aromatic carboxylic acids is 1. The number of anilines is 2. The van der Waals surface area contributed by atoms with E-state index in [4.69, 9.17) is 16.4 Å². The molecule has 2 amide bonds. The summed E-state index contributed by atoms with van der Waals surface area (Å²) in [7, 11) is 0. The second-order valence-corrected chi connectivity index (χ2v) is 7.98. The monoisotopic (exact) mass is 448 g/mol. The molecular weight excluding hydrogens is 432 g/mol. The Morgan fingerprint density at radius 3 is 2.28 bits per heavy atom. The van der Waals surface area contributed by atoms with Crippen LogP contribution in [0, 0.1) is 5.92 Å². The number of hydrogen-bond donors (Lipinski definition) is 1. The van der Waals surface area contributed by atoms with Crippen LogP contribution in [0.15, 0.2) is 78.9 Å². The number of carbonyl (C=O) groups is 3. The van der Waals surface area contributed by atoms with Crippen molar-refractivity contribution in [2.24, 2.45) is 5.92 Å². The van der Waals surface area contributed by atoms with E-state index in [2.05, 4.69) is 0 Å². The van der Waals surface area contributed by atoms with Crippen LogP contribution in [0.25, 0.3) is 0 Å². The number of benzene rings is 3. The molecule has 0 radical (unpaired) electrons. The molecule has 3 aromatic rings. The van der Waals surface area contributed by atoms with Crippen molar-refractivity contribution in [3.63, 3.8) is 0 Å². The summed E-state index contributed by atoms with van der Waals surface area (Å²) in [4.78, 5) is 45.9. The Labute approximate surface area is 188 Å². The number of imide groups is 1. The van der Waals surface area contributed by atoms with E-state index >= 15 is 0 Å². The number of rotatable bonds is 4. The van der Waals surface area contributed by atoms with Crippen molar-refractivity contribution < 1.29 is 24.3 Å². The summed E-state index contributed by atoms with van der Waals surface area (Å²) in [6.45, 7) is 0. The highest BCUT2D eigenvalue weighted by molar-refractivity contribution is 6.31. The molecule has 0 bridgehead atoms. The second-order valence-electron chi connectivity index (χ2n) is 7.54. The largest absolute Gasteiger partial charge is 0.478 e. The van der Waals surface area contributed by atoms with Crippen LogP contribution in [0.4, 0.5) is 11.4 Å². The lowest BCUT2D eigenvalue weighted by Crippen LogP contribution is -2.37. The average molecular weight is 449 g/mol. The lowest BCUT2D eigenvalue weighted by atomic mass is 9.88. The minimum absolute atomic E-state index is 0.0455. The quantitative estimate of drug-likeness (QED) is 0.605. The highest BCUT2D eigenvalue weighted by Gasteiger charge is 2.60. The number of carboxylic acids is 1. The van der Waals surface area contributed by atoms with E-state index in [1.807, 2.05) is 6.07 Å². The lowest BCUT2D eigenvalue weighted by Gasteiger charge is -2.29. The highest BCUT2D eigenvalue weighted by Crippen LogP contribution is 2.48. The van der Waals surface area contributed by atoms with Crippen LogP contribution < -0.4 is 9.96 Å². The highest BCUT2D eigenvalue weighted by atomic mass is 35.5. The zero-order chi connectivity index (χ0) is 22.4. The fraction of sp³-hybridized carbons (Fsp3) is 0.125. The first kappa shape index (κ1) is 20.2. The Morgan fingerprint density at radius 1 is 0.875 bits per heavy atom. The van der Waals surface area contributed by atoms with Crippen LogP contribution >= 0.6 is 11.6 Å². The zero-order valence-electron chi connectivity index (χ0n) is 16.6. The van der Waals surface area contributed by atoms with Gasteiger partial charge in [0.15, 0.2) is 6.10 Å². The number of halogens is 1. The van der Waals surface area contributed by atoms with E-state index in [1.165, 1.54) is 17.2 Å². The number of fused-ring (bicyclic) bond motifs is 1. The molecule has 0 aromatic heterocycles. The normalized spacial score (nSPS) is 22.3. The number of carboxylic acid groups (broad SMARTS) is 1. The number of para-hydroxylation sites is 1. The maximum atomic E-state index is 13.6. The van der Waals surface area contributed by atoms with Gasteiger partial charge in [0.1, 0.15) is 5.92 Å². The van der Waals surface area contributed by atoms with Gasteiger partial charge in [-0.25, -0.2) is 14.8 Å². The smallest absolute Gasteiger partial charge is 0.336 e. The Bertz CT molecular complexity index is 1230. The minimum Gasteiger partial charge on any atom is -0.478 e. The molecular formula is C24H17ClN2O5. The van der Waals surface area contributed by atoms with Crippen LogP contribution in [0.3, 0.4) is 0 Å². The van der Waals surface area contributed by atoms with Crippen molar-refractivity contribution in [3.05, 3.63) is 95.0 Å². The van der Waals surface area contributed by atoms with E-state index < -0.39 is 35.8 Å². The molecule has 7 nitrogen and oxygen atoms in total.